The van der Waals surface area contributed by atoms with Gasteiger partial charge in [-0.05, 0) is 30.9 Å². The van der Waals surface area contributed by atoms with Crippen LogP contribution in [0.4, 0.5) is 5.69 Å². The lowest BCUT2D eigenvalue weighted by atomic mass is 10.3. The highest BCUT2D eigenvalue weighted by molar-refractivity contribution is 7.99. The van der Waals surface area contributed by atoms with Crippen LogP contribution in [0.2, 0.25) is 0 Å². The van der Waals surface area contributed by atoms with Crippen molar-refractivity contribution in [2.24, 2.45) is 0 Å². The minimum atomic E-state index is 0.741. The normalized spacial score (nSPS) is 18.7. The van der Waals surface area contributed by atoms with Gasteiger partial charge < -0.3 is 5.73 Å². The number of nitrogen functional groups attached to an aromatic ring is 1. The molecular weight excluding hydrogens is 206 g/mol. The lowest BCUT2D eigenvalue weighted by molar-refractivity contribution is 0.284. The molecule has 4 heteroatoms. The molecule has 82 valence electrons. The molecular formula is C11H17N3S. The number of anilines is 1. The zero-order chi connectivity index (χ0) is 10.5. The van der Waals surface area contributed by atoms with Crippen LogP contribution in [0.5, 0.6) is 0 Å². The van der Waals surface area contributed by atoms with Crippen LogP contribution in [-0.4, -0.2) is 34.5 Å². The van der Waals surface area contributed by atoms with Crippen LogP contribution in [0.3, 0.4) is 0 Å². The molecule has 0 aliphatic carbocycles. The van der Waals surface area contributed by atoms with Crippen LogP contribution < -0.4 is 5.73 Å². The highest BCUT2D eigenvalue weighted by Crippen LogP contribution is 2.12. The molecule has 0 amide bonds. The predicted octanol–water partition coefficient (Wildman–Crippen LogP) is 1.60. The van der Waals surface area contributed by atoms with Crippen molar-refractivity contribution in [3.63, 3.8) is 0 Å². The van der Waals surface area contributed by atoms with Crippen molar-refractivity contribution in [2.45, 2.75) is 13.0 Å². The van der Waals surface area contributed by atoms with Gasteiger partial charge in [0.1, 0.15) is 0 Å². The lowest BCUT2D eigenvalue weighted by Crippen LogP contribution is -2.25. The zero-order valence-corrected chi connectivity index (χ0v) is 9.67. The maximum atomic E-state index is 5.61. The molecule has 0 bridgehead atoms. The third kappa shape index (κ3) is 3.39. The van der Waals surface area contributed by atoms with E-state index in [-0.39, 0.29) is 0 Å². The SMILES string of the molecule is Nc1ccc(CN2CCCSCC2)nc1. The van der Waals surface area contributed by atoms with Gasteiger partial charge in [-0.2, -0.15) is 11.8 Å². The van der Waals surface area contributed by atoms with Crippen molar-refractivity contribution >= 4 is 17.4 Å². The van der Waals surface area contributed by atoms with Gasteiger partial charge in [0.2, 0.25) is 0 Å². The summed E-state index contributed by atoms with van der Waals surface area (Å²) in [7, 11) is 0. The summed E-state index contributed by atoms with van der Waals surface area (Å²) >= 11 is 2.05. The Morgan fingerprint density at radius 2 is 2.27 bits per heavy atom. The summed E-state index contributed by atoms with van der Waals surface area (Å²) in [6, 6.07) is 3.95. The highest BCUT2D eigenvalue weighted by atomic mass is 32.2. The van der Waals surface area contributed by atoms with E-state index in [1.807, 2.05) is 12.1 Å². The van der Waals surface area contributed by atoms with Crippen molar-refractivity contribution in [3.8, 4) is 0 Å². The molecule has 2 N–H and O–H groups in total. The van der Waals surface area contributed by atoms with Crippen molar-refractivity contribution in [3.05, 3.63) is 24.0 Å². The van der Waals surface area contributed by atoms with Gasteiger partial charge in [0.05, 0.1) is 17.6 Å². The molecule has 0 unspecified atom stereocenters. The Morgan fingerprint density at radius 1 is 1.33 bits per heavy atom. The standard InChI is InChI=1S/C11H17N3S/c12-10-2-3-11(13-8-10)9-14-4-1-6-15-7-5-14/h2-3,8H,1,4-7,9,12H2. The van der Waals surface area contributed by atoms with E-state index in [0.717, 1.165) is 17.9 Å². The van der Waals surface area contributed by atoms with Crippen molar-refractivity contribution < 1.29 is 0 Å². The van der Waals surface area contributed by atoms with Crippen LogP contribution >= 0.6 is 11.8 Å². The lowest BCUT2D eigenvalue weighted by Gasteiger charge is -2.18. The number of hydrogen-bond acceptors (Lipinski definition) is 4. The summed E-state index contributed by atoms with van der Waals surface area (Å²) in [5, 5.41) is 0. The van der Waals surface area contributed by atoms with Crippen molar-refractivity contribution in [1.82, 2.24) is 9.88 Å². The van der Waals surface area contributed by atoms with Gasteiger partial charge in [-0.15, -0.1) is 0 Å². The second kappa shape index (κ2) is 5.37. The molecule has 1 aromatic rings. The first-order chi connectivity index (χ1) is 7.34. The third-order valence-corrected chi connectivity index (χ3v) is 3.60. The monoisotopic (exact) mass is 223 g/mol. The largest absolute Gasteiger partial charge is 0.397 e. The van der Waals surface area contributed by atoms with Crippen molar-refractivity contribution in [1.29, 1.82) is 0 Å². The summed E-state index contributed by atoms with van der Waals surface area (Å²) in [6.45, 7) is 3.33. The molecule has 0 aromatic carbocycles. The Bertz CT molecular complexity index is 291. The van der Waals surface area contributed by atoms with Crippen LogP contribution in [0.15, 0.2) is 18.3 Å². The molecule has 0 radical (unpaired) electrons. The number of hydrogen-bond donors (Lipinski definition) is 1. The quantitative estimate of drug-likeness (QED) is 0.827. The summed E-state index contributed by atoms with van der Waals surface area (Å²) in [5.41, 5.74) is 7.47. The maximum absolute atomic E-state index is 5.61. The number of rotatable bonds is 2. The number of aromatic nitrogens is 1. The minimum Gasteiger partial charge on any atom is -0.397 e. The first kappa shape index (κ1) is 10.8. The molecule has 1 aromatic heterocycles. The van der Waals surface area contributed by atoms with Gasteiger partial charge in [-0.25, -0.2) is 0 Å². The third-order valence-electron chi connectivity index (χ3n) is 2.55. The summed E-state index contributed by atoms with van der Waals surface area (Å²) in [6.07, 6.45) is 3.03. The highest BCUT2D eigenvalue weighted by Gasteiger charge is 2.09. The average molecular weight is 223 g/mol. The fourth-order valence-corrected chi connectivity index (χ4v) is 2.64. The fourth-order valence-electron chi connectivity index (χ4n) is 1.71. The molecule has 3 nitrogen and oxygen atoms in total. The van der Waals surface area contributed by atoms with Gasteiger partial charge in [0, 0.05) is 18.8 Å². The van der Waals surface area contributed by atoms with Crippen LogP contribution in [0.1, 0.15) is 12.1 Å². The van der Waals surface area contributed by atoms with Crippen LogP contribution in [-0.2, 0) is 6.54 Å². The second-order valence-corrected chi connectivity index (χ2v) is 5.05. The first-order valence-electron chi connectivity index (χ1n) is 5.35. The smallest absolute Gasteiger partial charge is 0.0545 e. The Labute approximate surface area is 95.1 Å². The van der Waals surface area contributed by atoms with Gasteiger partial charge in [-0.3, -0.25) is 9.88 Å². The van der Waals surface area contributed by atoms with Gasteiger partial charge in [0.15, 0.2) is 0 Å². The topological polar surface area (TPSA) is 42.1 Å². The molecule has 0 saturated carbocycles. The number of nitrogens with zero attached hydrogens (tertiary/aromatic N) is 2. The number of thioether (sulfide) groups is 1. The van der Waals surface area contributed by atoms with E-state index in [1.165, 1.54) is 31.0 Å². The van der Waals surface area contributed by atoms with E-state index in [9.17, 15) is 0 Å². The van der Waals surface area contributed by atoms with Gasteiger partial charge in [0.25, 0.3) is 0 Å². The van der Waals surface area contributed by atoms with E-state index in [4.69, 9.17) is 5.73 Å². The Hall–Kier alpha value is -0.740. The molecule has 0 atom stereocenters. The van der Waals surface area contributed by atoms with E-state index in [0.29, 0.717) is 0 Å². The molecule has 0 spiro atoms. The minimum absolute atomic E-state index is 0.741. The number of nitrogens with two attached hydrogens (primary N) is 1. The summed E-state index contributed by atoms with van der Waals surface area (Å²) < 4.78 is 0. The second-order valence-electron chi connectivity index (χ2n) is 3.82. The van der Waals surface area contributed by atoms with E-state index in [2.05, 4.69) is 21.6 Å². The molecule has 1 saturated heterocycles. The van der Waals surface area contributed by atoms with E-state index < -0.39 is 0 Å². The van der Waals surface area contributed by atoms with Crippen LogP contribution in [0, 0.1) is 0 Å². The molecule has 1 fully saturated rings. The van der Waals surface area contributed by atoms with Crippen molar-refractivity contribution in [2.75, 3.05) is 30.3 Å². The van der Waals surface area contributed by atoms with E-state index in [1.54, 1.807) is 6.20 Å². The zero-order valence-electron chi connectivity index (χ0n) is 8.85. The molecule has 2 rings (SSSR count). The number of pyridine rings is 1. The van der Waals surface area contributed by atoms with Crippen LogP contribution in [0.25, 0.3) is 0 Å². The first-order valence-corrected chi connectivity index (χ1v) is 6.50. The average Bonchev–Trinajstić information content (AvgIpc) is 2.50. The summed E-state index contributed by atoms with van der Waals surface area (Å²) in [5.74, 6) is 2.54. The Morgan fingerprint density at radius 3 is 3.07 bits per heavy atom. The molecule has 1 aliphatic heterocycles. The molecule has 15 heavy (non-hydrogen) atoms. The Kier molecular flexibility index (Phi) is 3.86. The fraction of sp³-hybridized carbons (Fsp3) is 0.545. The van der Waals surface area contributed by atoms with E-state index >= 15 is 0 Å². The summed E-state index contributed by atoms with van der Waals surface area (Å²) in [4.78, 5) is 6.80. The molecule has 1 aliphatic rings. The molecule has 2 heterocycles. The van der Waals surface area contributed by atoms with Gasteiger partial charge in [-0.1, -0.05) is 0 Å². The maximum Gasteiger partial charge on any atom is 0.0545 e. The predicted molar refractivity (Wildman–Crippen MR) is 65.9 cm³/mol. The Balaban J connectivity index is 1.92. The van der Waals surface area contributed by atoms with Gasteiger partial charge >= 0.3 is 0 Å².